The van der Waals surface area contributed by atoms with Gasteiger partial charge < -0.3 is 15.2 Å². The second-order valence-corrected chi connectivity index (χ2v) is 5.65. The summed E-state index contributed by atoms with van der Waals surface area (Å²) < 4.78 is 18.5. The van der Waals surface area contributed by atoms with Crippen LogP contribution in [0.4, 0.5) is 4.39 Å². The fraction of sp³-hybridized carbons (Fsp3) is 0.467. The zero-order valence-electron chi connectivity index (χ0n) is 11.9. The topological polar surface area (TPSA) is 75.6 Å². The average Bonchev–Trinajstić information content (AvgIpc) is 2.88. The molecule has 2 N–H and O–H groups in total. The van der Waals surface area contributed by atoms with Gasteiger partial charge in [0, 0.05) is 0 Å². The standard InChI is InChI=1S/C15H18FNO4/c1-15(2,9-4-3-5-10(16)8-9)17-13(18)11-6-7-12(21-11)14(19)20/h3-5,8,11-12H,6-7H2,1-2H3,(H,17,18)(H,19,20)/t11-,12+/m0/s1. The first-order chi connectivity index (χ1) is 9.79. The van der Waals surface area contributed by atoms with Gasteiger partial charge >= 0.3 is 5.97 Å². The van der Waals surface area contributed by atoms with Crippen molar-refractivity contribution in [1.29, 1.82) is 0 Å². The minimum absolute atomic E-state index is 0.313. The summed E-state index contributed by atoms with van der Waals surface area (Å²) in [7, 11) is 0. The van der Waals surface area contributed by atoms with Crippen LogP contribution in [-0.4, -0.2) is 29.2 Å². The molecular weight excluding hydrogens is 277 g/mol. The van der Waals surface area contributed by atoms with Gasteiger partial charge in [-0.05, 0) is 44.4 Å². The summed E-state index contributed by atoms with van der Waals surface area (Å²) in [4.78, 5) is 23.0. The molecule has 1 saturated heterocycles. The Bertz CT molecular complexity index is 558. The van der Waals surface area contributed by atoms with Gasteiger partial charge in [0.05, 0.1) is 5.54 Å². The van der Waals surface area contributed by atoms with Gasteiger partial charge in [0.2, 0.25) is 5.91 Å². The summed E-state index contributed by atoms with van der Waals surface area (Å²) in [6.07, 6.45) is -1.03. The Hall–Kier alpha value is -1.95. The van der Waals surface area contributed by atoms with Crippen molar-refractivity contribution < 1.29 is 23.8 Å². The number of carbonyl (C=O) groups excluding carboxylic acids is 1. The molecule has 114 valence electrons. The lowest BCUT2D eigenvalue weighted by Crippen LogP contribution is -2.46. The van der Waals surface area contributed by atoms with Crippen LogP contribution >= 0.6 is 0 Å². The Balaban J connectivity index is 2.03. The molecule has 1 heterocycles. The van der Waals surface area contributed by atoms with Crippen molar-refractivity contribution in [3.63, 3.8) is 0 Å². The lowest BCUT2D eigenvalue weighted by Gasteiger charge is -2.28. The summed E-state index contributed by atoms with van der Waals surface area (Å²) in [6, 6.07) is 5.98. The number of amides is 1. The van der Waals surface area contributed by atoms with Crippen LogP contribution in [0, 0.1) is 5.82 Å². The van der Waals surface area contributed by atoms with Gasteiger partial charge in [0.25, 0.3) is 0 Å². The van der Waals surface area contributed by atoms with Crippen molar-refractivity contribution in [1.82, 2.24) is 5.32 Å². The highest BCUT2D eigenvalue weighted by Crippen LogP contribution is 2.24. The van der Waals surface area contributed by atoms with Gasteiger partial charge in [0.1, 0.15) is 11.9 Å². The summed E-state index contributed by atoms with van der Waals surface area (Å²) in [5, 5.41) is 11.6. The first kappa shape index (κ1) is 15.4. The molecule has 2 rings (SSSR count). The van der Waals surface area contributed by atoms with Crippen molar-refractivity contribution in [3.05, 3.63) is 35.6 Å². The van der Waals surface area contributed by atoms with Gasteiger partial charge in [-0.3, -0.25) is 4.79 Å². The zero-order valence-corrected chi connectivity index (χ0v) is 11.9. The number of hydrogen-bond acceptors (Lipinski definition) is 3. The van der Waals surface area contributed by atoms with E-state index in [4.69, 9.17) is 9.84 Å². The van der Waals surface area contributed by atoms with E-state index in [2.05, 4.69) is 5.32 Å². The Kier molecular flexibility index (Phi) is 4.27. The largest absolute Gasteiger partial charge is 0.479 e. The number of nitrogens with one attached hydrogen (secondary N) is 1. The third kappa shape index (κ3) is 3.58. The van der Waals surface area contributed by atoms with Crippen LogP contribution in [-0.2, 0) is 19.9 Å². The maximum Gasteiger partial charge on any atom is 0.332 e. The highest BCUT2D eigenvalue weighted by atomic mass is 19.1. The van der Waals surface area contributed by atoms with Crippen LogP contribution in [0.5, 0.6) is 0 Å². The van der Waals surface area contributed by atoms with E-state index >= 15 is 0 Å². The third-order valence-corrected chi connectivity index (χ3v) is 3.57. The molecular formula is C15H18FNO4. The number of ether oxygens (including phenoxy) is 1. The monoisotopic (exact) mass is 295 g/mol. The predicted molar refractivity (Wildman–Crippen MR) is 73.1 cm³/mol. The highest BCUT2D eigenvalue weighted by molar-refractivity contribution is 5.83. The lowest BCUT2D eigenvalue weighted by atomic mass is 9.94. The molecule has 0 bridgehead atoms. The normalized spacial score (nSPS) is 22.0. The average molecular weight is 295 g/mol. The van der Waals surface area contributed by atoms with Crippen LogP contribution in [0.1, 0.15) is 32.3 Å². The molecule has 0 aromatic heterocycles. The maximum atomic E-state index is 13.3. The molecule has 5 nitrogen and oxygen atoms in total. The van der Waals surface area contributed by atoms with E-state index in [0.717, 1.165) is 0 Å². The Morgan fingerprint density at radius 3 is 2.57 bits per heavy atom. The van der Waals surface area contributed by atoms with E-state index in [0.29, 0.717) is 18.4 Å². The number of rotatable bonds is 4. The van der Waals surface area contributed by atoms with Crippen molar-refractivity contribution in [2.75, 3.05) is 0 Å². The van der Waals surface area contributed by atoms with Crippen molar-refractivity contribution in [2.45, 2.75) is 44.4 Å². The molecule has 1 amide bonds. The van der Waals surface area contributed by atoms with E-state index in [1.54, 1.807) is 26.0 Å². The number of aliphatic carboxylic acids is 1. The molecule has 0 unspecified atom stereocenters. The van der Waals surface area contributed by atoms with Crippen LogP contribution in [0.15, 0.2) is 24.3 Å². The lowest BCUT2D eigenvalue weighted by molar-refractivity contribution is -0.152. The van der Waals surface area contributed by atoms with E-state index in [1.807, 2.05) is 0 Å². The number of carboxylic acid groups (broad SMARTS) is 1. The Morgan fingerprint density at radius 1 is 1.33 bits per heavy atom. The second-order valence-electron chi connectivity index (χ2n) is 5.65. The van der Waals surface area contributed by atoms with Gasteiger partial charge in [-0.25, -0.2) is 9.18 Å². The minimum atomic E-state index is -1.06. The zero-order chi connectivity index (χ0) is 15.6. The molecule has 6 heteroatoms. The number of halogens is 1. The second kappa shape index (κ2) is 5.81. The maximum absolute atomic E-state index is 13.3. The molecule has 1 aliphatic heterocycles. The smallest absolute Gasteiger partial charge is 0.332 e. The number of carboxylic acids is 1. The van der Waals surface area contributed by atoms with E-state index < -0.39 is 23.7 Å². The molecule has 0 saturated carbocycles. The molecule has 0 radical (unpaired) electrons. The van der Waals surface area contributed by atoms with E-state index in [9.17, 15) is 14.0 Å². The Labute approximate surface area is 122 Å². The number of hydrogen-bond donors (Lipinski definition) is 2. The molecule has 1 aliphatic rings. The highest BCUT2D eigenvalue weighted by Gasteiger charge is 2.36. The molecule has 2 atom stereocenters. The summed E-state index contributed by atoms with van der Waals surface area (Å²) >= 11 is 0. The first-order valence-corrected chi connectivity index (χ1v) is 6.76. The van der Waals surface area contributed by atoms with Crippen LogP contribution in [0.2, 0.25) is 0 Å². The van der Waals surface area contributed by atoms with Crippen molar-refractivity contribution in [3.8, 4) is 0 Å². The minimum Gasteiger partial charge on any atom is -0.479 e. The van der Waals surface area contributed by atoms with Crippen molar-refractivity contribution >= 4 is 11.9 Å². The number of benzene rings is 1. The van der Waals surface area contributed by atoms with Crippen LogP contribution < -0.4 is 5.32 Å². The molecule has 1 fully saturated rings. The van der Waals surface area contributed by atoms with Crippen molar-refractivity contribution in [2.24, 2.45) is 0 Å². The van der Waals surface area contributed by atoms with E-state index in [-0.39, 0.29) is 11.7 Å². The van der Waals surface area contributed by atoms with Gasteiger partial charge in [-0.15, -0.1) is 0 Å². The number of carbonyl (C=O) groups is 2. The summed E-state index contributed by atoms with van der Waals surface area (Å²) in [6.45, 7) is 3.51. The fourth-order valence-corrected chi connectivity index (χ4v) is 2.35. The first-order valence-electron chi connectivity index (χ1n) is 6.76. The SMILES string of the molecule is CC(C)(NC(=O)[C@@H]1CC[C@H](C(=O)O)O1)c1cccc(F)c1. The molecule has 0 spiro atoms. The van der Waals surface area contributed by atoms with E-state index in [1.165, 1.54) is 12.1 Å². The third-order valence-electron chi connectivity index (χ3n) is 3.57. The molecule has 0 aliphatic carbocycles. The molecule has 21 heavy (non-hydrogen) atoms. The quantitative estimate of drug-likeness (QED) is 0.888. The van der Waals surface area contributed by atoms with Gasteiger partial charge in [-0.1, -0.05) is 12.1 Å². The molecule has 1 aromatic carbocycles. The predicted octanol–water partition coefficient (Wildman–Crippen LogP) is 1.81. The fourth-order valence-electron chi connectivity index (χ4n) is 2.35. The van der Waals surface area contributed by atoms with Crippen LogP contribution in [0.25, 0.3) is 0 Å². The molecule has 1 aromatic rings. The summed E-state index contributed by atoms with van der Waals surface area (Å²) in [5.74, 6) is -1.82. The summed E-state index contributed by atoms with van der Waals surface area (Å²) in [5.41, 5.74) is -0.146. The Morgan fingerprint density at radius 2 is 2.00 bits per heavy atom. The van der Waals surface area contributed by atoms with Gasteiger partial charge in [0.15, 0.2) is 6.10 Å². The van der Waals surface area contributed by atoms with Gasteiger partial charge in [-0.2, -0.15) is 0 Å². The van der Waals surface area contributed by atoms with Crippen LogP contribution in [0.3, 0.4) is 0 Å².